The van der Waals surface area contributed by atoms with Crippen LogP contribution in [0.15, 0.2) is 84.9 Å². The summed E-state index contributed by atoms with van der Waals surface area (Å²) in [4.78, 5) is 0. The van der Waals surface area contributed by atoms with E-state index in [1.54, 1.807) is 6.07 Å². The number of ether oxygens (including phenoxy) is 2. The van der Waals surface area contributed by atoms with E-state index in [9.17, 15) is 13.2 Å². The van der Waals surface area contributed by atoms with Gasteiger partial charge in [-0.2, -0.15) is 8.78 Å². The van der Waals surface area contributed by atoms with Crippen LogP contribution in [0.25, 0.3) is 22.3 Å². The van der Waals surface area contributed by atoms with Gasteiger partial charge < -0.3 is 9.47 Å². The first-order valence-electron chi connectivity index (χ1n) is 15.2. The van der Waals surface area contributed by atoms with Crippen LogP contribution in [0.4, 0.5) is 30.7 Å². The van der Waals surface area contributed by atoms with E-state index in [4.69, 9.17) is 4.74 Å². The Hall–Kier alpha value is -4.27. The lowest BCUT2D eigenvalue weighted by Crippen LogP contribution is -2.25. The summed E-state index contributed by atoms with van der Waals surface area (Å²) in [5.41, 5.74) is 0.0242. The summed E-state index contributed by atoms with van der Waals surface area (Å²) in [6.07, 6.45) is 5.22. The van der Waals surface area contributed by atoms with Gasteiger partial charge in [0.15, 0.2) is 11.6 Å². The monoisotopic (exact) mass is 642 g/mol. The number of rotatable bonds is 11. The molecule has 1 fully saturated rings. The van der Waals surface area contributed by atoms with E-state index >= 15 is 17.6 Å². The van der Waals surface area contributed by atoms with Crippen molar-refractivity contribution >= 4 is 0 Å². The van der Waals surface area contributed by atoms with Crippen molar-refractivity contribution in [3.8, 4) is 33.8 Å². The first-order chi connectivity index (χ1) is 22.1. The molecule has 242 valence electrons. The van der Waals surface area contributed by atoms with Gasteiger partial charge in [0.25, 0.3) is 0 Å². The SMILES string of the molecule is CC=CCCC1CCC(c2cc(F)c(C(F)(F)Oc3ccc(-c4ccc(-c5ccc(OCF)c(F)c5)c(F)c4)cc3)c(F)c2)CC1. The molecular formula is C37H33F7O2. The normalized spacial score (nSPS) is 17.0. The zero-order valence-electron chi connectivity index (χ0n) is 25.1. The van der Waals surface area contributed by atoms with Crippen molar-refractivity contribution in [1.82, 2.24) is 0 Å². The van der Waals surface area contributed by atoms with Crippen LogP contribution in [0, 0.1) is 29.2 Å². The van der Waals surface area contributed by atoms with Gasteiger partial charge in [-0.05, 0) is 122 Å². The zero-order valence-corrected chi connectivity index (χ0v) is 25.1. The van der Waals surface area contributed by atoms with Crippen molar-refractivity contribution in [2.45, 2.75) is 57.5 Å². The number of halogens is 7. The van der Waals surface area contributed by atoms with Gasteiger partial charge in [0.1, 0.15) is 28.8 Å². The fraction of sp³-hybridized carbons (Fsp3) is 0.297. The quantitative estimate of drug-likeness (QED) is 0.120. The van der Waals surface area contributed by atoms with Crippen molar-refractivity contribution in [2.75, 3.05) is 6.86 Å². The van der Waals surface area contributed by atoms with E-state index in [1.807, 2.05) is 13.0 Å². The molecule has 0 aromatic heterocycles. The highest BCUT2D eigenvalue weighted by atomic mass is 19.3. The number of benzene rings is 4. The highest BCUT2D eigenvalue weighted by Gasteiger charge is 2.41. The Balaban J connectivity index is 1.26. The third-order valence-corrected chi connectivity index (χ3v) is 8.51. The topological polar surface area (TPSA) is 18.5 Å². The number of hydrogen-bond acceptors (Lipinski definition) is 2. The highest BCUT2D eigenvalue weighted by Crippen LogP contribution is 2.41. The summed E-state index contributed by atoms with van der Waals surface area (Å²) in [6.45, 7) is 0.767. The Kier molecular flexibility index (Phi) is 10.4. The van der Waals surface area contributed by atoms with Crippen LogP contribution in [-0.2, 0) is 6.11 Å². The van der Waals surface area contributed by atoms with Crippen molar-refractivity contribution in [3.05, 3.63) is 119 Å². The smallest absolute Gasteiger partial charge is 0.432 e. The van der Waals surface area contributed by atoms with E-state index in [0.29, 0.717) is 22.6 Å². The Morgan fingerprint density at radius 1 is 0.739 bits per heavy atom. The second-order valence-corrected chi connectivity index (χ2v) is 11.5. The number of hydrogen-bond donors (Lipinski definition) is 0. The van der Waals surface area contributed by atoms with E-state index < -0.39 is 41.8 Å². The number of allylic oxidation sites excluding steroid dienone is 2. The van der Waals surface area contributed by atoms with Crippen molar-refractivity contribution in [1.29, 1.82) is 0 Å². The summed E-state index contributed by atoms with van der Waals surface area (Å²) in [6, 6.07) is 14.9. The summed E-state index contributed by atoms with van der Waals surface area (Å²) < 4.78 is 111. The van der Waals surface area contributed by atoms with E-state index in [0.717, 1.165) is 56.7 Å². The summed E-state index contributed by atoms with van der Waals surface area (Å²) >= 11 is 0. The lowest BCUT2D eigenvalue weighted by atomic mass is 9.77. The molecule has 0 aliphatic heterocycles. The summed E-state index contributed by atoms with van der Waals surface area (Å²) in [5, 5.41) is 0. The molecule has 0 amide bonds. The minimum Gasteiger partial charge on any atom is -0.460 e. The molecule has 5 rings (SSSR count). The van der Waals surface area contributed by atoms with Crippen LogP contribution in [0.3, 0.4) is 0 Å². The minimum atomic E-state index is -4.30. The highest BCUT2D eigenvalue weighted by molar-refractivity contribution is 5.71. The second-order valence-electron chi connectivity index (χ2n) is 11.5. The van der Waals surface area contributed by atoms with E-state index in [1.165, 1.54) is 48.5 Å². The van der Waals surface area contributed by atoms with Crippen molar-refractivity contribution in [2.24, 2.45) is 5.92 Å². The maximum Gasteiger partial charge on any atom is 0.432 e. The van der Waals surface area contributed by atoms with Crippen LogP contribution < -0.4 is 9.47 Å². The minimum absolute atomic E-state index is 0.0804. The predicted molar refractivity (Wildman–Crippen MR) is 163 cm³/mol. The Morgan fingerprint density at radius 3 is 1.98 bits per heavy atom. The Bertz CT molecular complexity index is 1650. The molecule has 0 atom stereocenters. The molecular weight excluding hydrogens is 609 g/mol. The third-order valence-electron chi connectivity index (χ3n) is 8.51. The molecule has 4 aromatic carbocycles. The molecule has 0 saturated heterocycles. The first kappa shape index (κ1) is 33.1. The Morgan fingerprint density at radius 2 is 1.37 bits per heavy atom. The van der Waals surface area contributed by atoms with Gasteiger partial charge in [-0.15, -0.1) is 0 Å². The van der Waals surface area contributed by atoms with Gasteiger partial charge in [0.05, 0.1) is 0 Å². The van der Waals surface area contributed by atoms with Crippen LogP contribution >= 0.6 is 0 Å². The predicted octanol–water partition coefficient (Wildman–Crippen LogP) is 11.6. The molecule has 4 aromatic rings. The molecule has 0 radical (unpaired) electrons. The van der Waals surface area contributed by atoms with Gasteiger partial charge in [0, 0.05) is 5.56 Å². The Labute approximate surface area is 263 Å². The maximum atomic E-state index is 15.1. The standard InChI is InChI=1S/C37H33F7O2/c1-2-3-4-5-23-6-8-25(9-7-23)28-20-33(41)36(34(42)21-28)37(43,44)46-29-14-10-24(11-15-29)26-12-16-30(31(39)18-26)27-13-17-35(45-22-38)32(40)19-27/h2-3,10-21,23,25H,4-9,22H2,1H3. The molecule has 1 aliphatic carbocycles. The fourth-order valence-corrected chi connectivity index (χ4v) is 6.08. The molecule has 0 unspecified atom stereocenters. The van der Waals surface area contributed by atoms with Crippen LogP contribution in [0.1, 0.15) is 62.5 Å². The van der Waals surface area contributed by atoms with Gasteiger partial charge in [-0.1, -0.05) is 42.5 Å². The largest absolute Gasteiger partial charge is 0.460 e. The second kappa shape index (κ2) is 14.4. The van der Waals surface area contributed by atoms with Gasteiger partial charge in [-0.3, -0.25) is 0 Å². The van der Waals surface area contributed by atoms with Crippen LogP contribution in [0.5, 0.6) is 11.5 Å². The molecule has 0 heterocycles. The average Bonchev–Trinajstić information content (AvgIpc) is 3.02. The zero-order chi connectivity index (χ0) is 32.8. The molecule has 0 spiro atoms. The molecule has 9 heteroatoms. The van der Waals surface area contributed by atoms with Crippen LogP contribution in [-0.4, -0.2) is 6.86 Å². The van der Waals surface area contributed by atoms with Crippen molar-refractivity contribution < 1.29 is 40.2 Å². The van der Waals surface area contributed by atoms with Gasteiger partial charge >= 0.3 is 6.11 Å². The van der Waals surface area contributed by atoms with Gasteiger partial charge in [0.2, 0.25) is 6.86 Å². The van der Waals surface area contributed by atoms with Crippen molar-refractivity contribution in [3.63, 3.8) is 0 Å². The molecule has 1 saturated carbocycles. The fourth-order valence-electron chi connectivity index (χ4n) is 6.08. The van der Waals surface area contributed by atoms with Crippen LogP contribution in [0.2, 0.25) is 0 Å². The maximum absolute atomic E-state index is 15.1. The molecule has 46 heavy (non-hydrogen) atoms. The van der Waals surface area contributed by atoms with Gasteiger partial charge in [-0.25, -0.2) is 22.0 Å². The summed E-state index contributed by atoms with van der Waals surface area (Å²) in [5.74, 6) is -4.48. The molecule has 0 bridgehead atoms. The summed E-state index contributed by atoms with van der Waals surface area (Å²) in [7, 11) is 0. The molecule has 1 aliphatic rings. The van der Waals surface area contributed by atoms with E-state index in [2.05, 4.69) is 10.8 Å². The molecule has 2 nitrogen and oxygen atoms in total. The first-order valence-corrected chi connectivity index (χ1v) is 15.2. The number of alkyl halides is 3. The lowest BCUT2D eigenvalue weighted by molar-refractivity contribution is -0.189. The lowest BCUT2D eigenvalue weighted by Gasteiger charge is -2.29. The third kappa shape index (κ3) is 7.57. The average molecular weight is 643 g/mol. The van der Waals surface area contributed by atoms with E-state index in [-0.39, 0.29) is 28.5 Å². The molecule has 0 N–H and O–H groups in total.